The predicted octanol–water partition coefficient (Wildman–Crippen LogP) is 3.89. The van der Waals surface area contributed by atoms with Crippen molar-refractivity contribution in [3.05, 3.63) is 66.3 Å². The summed E-state index contributed by atoms with van der Waals surface area (Å²) in [6.07, 6.45) is 2.61. The number of piperazine rings is 1. The summed E-state index contributed by atoms with van der Waals surface area (Å²) in [5.74, 6) is -0.0984. The highest BCUT2D eigenvalue weighted by Gasteiger charge is 2.24. The van der Waals surface area contributed by atoms with Crippen LogP contribution in [0.5, 0.6) is 5.75 Å². The summed E-state index contributed by atoms with van der Waals surface area (Å²) in [6, 6.07) is 12.0. The molecule has 0 atom stereocenters. The standard InChI is InChI=1S/C24H26ClN6O5P/c1-3-22(32)27-17-6-4-5-16(13-17)23-19(25)15-26-24(29-23)28-18-7-8-20(21(14-18)36-37(33,34)35)31-11-9-30(2)10-12-31/h3-8,13-15H,1,9-12H2,2H3,(H,27,32)(H,26,28,29)(H2,33,34,35). The maximum absolute atomic E-state index is 11.7. The van der Waals surface area contributed by atoms with E-state index in [1.54, 1.807) is 36.4 Å². The molecule has 0 unspecified atom stereocenters. The molecular weight excluding hydrogens is 519 g/mol. The Bertz CT molecular complexity index is 1360. The van der Waals surface area contributed by atoms with E-state index in [1.165, 1.54) is 18.3 Å². The quantitative estimate of drug-likeness (QED) is 0.244. The van der Waals surface area contributed by atoms with Crippen molar-refractivity contribution in [2.45, 2.75) is 0 Å². The predicted molar refractivity (Wildman–Crippen MR) is 143 cm³/mol. The molecule has 11 nitrogen and oxygen atoms in total. The summed E-state index contributed by atoms with van der Waals surface area (Å²) in [7, 11) is -2.78. The van der Waals surface area contributed by atoms with Crippen molar-refractivity contribution in [2.24, 2.45) is 0 Å². The first-order valence-corrected chi connectivity index (χ1v) is 13.2. The molecule has 37 heavy (non-hydrogen) atoms. The fraction of sp³-hybridized carbons (Fsp3) is 0.208. The Morgan fingerprint density at radius 1 is 1.16 bits per heavy atom. The Morgan fingerprint density at radius 3 is 2.62 bits per heavy atom. The highest BCUT2D eigenvalue weighted by atomic mass is 35.5. The van der Waals surface area contributed by atoms with Crippen molar-refractivity contribution in [1.82, 2.24) is 14.9 Å². The third-order valence-electron chi connectivity index (χ3n) is 5.61. The monoisotopic (exact) mass is 544 g/mol. The topological polar surface area (TPSA) is 140 Å². The van der Waals surface area contributed by atoms with E-state index >= 15 is 0 Å². The maximum Gasteiger partial charge on any atom is 0.524 e. The van der Waals surface area contributed by atoms with Gasteiger partial charge in [-0.05, 0) is 37.4 Å². The third-order valence-corrected chi connectivity index (χ3v) is 6.32. The molecule has 0 aliphatic carbocycles. The number of likely N-dealkylation sites (N-methyl/N-ethyl adjacent to an activating group) is 1. The molecule has 4 N–H and O–H groups in total. The number of amides is 1. The lowest BCUT2D eigenvalue weighted by Crippen LogP contribution is -2.44. The number of benzene rings is 2. The lowest BCUT2D eigenvalue weighted by atomic mass is 10.1. The molecule has 1 amide bonds. The molecule has 1 aliphatic heterocycles. The molecule has 1 saturated heterocycles. The zero-order valence-electron chi connectivity index (χ0n) is 20.0. The van der Waals surface area contributed by atoms with Crippen molar-refractivity contribution >= 4 is 48.3 Å². The van der Waals surface area contributed by atoms with Gasteiger partial charge in [0, 0.05) is 49.2 Å². The van der Waals surface area contributed by atoms with Gasteiger partial charge in [-0.1, -0.05) is 30.3 Å². The van der Waals surface area contributed by atoms with Crippen LogP contribution < -0.4 is 20.1 Å². The Hall–Kier alpha value is -3.47. The normalized spacial score (nSPS) is 14.2. The molecule has 13 heteroatoms. The number of aromatic nitrogens is 2. The van der Waals surface area contributed by atoms with Gasteiger partial charge < -0.3 is 25.0 Å². The minimum Gasteiger partial charge on any atom is -0.402 e. The maximum atomic E-state index is 11.7. The second-order valence-corrected chi connectivity index (χ2v) is 9.91. The molecule has 1 aliphatic rings. The molecule has 2 heterocycles. The number of halogens is 1. The summed E-state index contributed by atoms with van der Waals surface area (Å²) in [6.45, 7) is 6.46. The van der Waals surface area contributed by atoms with E-state index in [4.69, 9.17) is 16.1 Å². The van der Waals surface area contributed by atoms with Gasteiger partial charge in [0.15, 0.2) is 5.75 Å². The van der Waals surface area contributed by atoms with Crippen molar-refractivity contribution in [3.63, 3.8) is 0 Å². The lowest BCUT2D eigenvalue weighted by molar-refractivity contribution is -0.111. The van der Waals surface area contributed by atoms with Crippen LogP contribution in [0.1, 0.15) is 0 Å². The molecule has 1 fully saturated rings. The van der Waals surface area contributed by atoms with Gasteiger partial charge in [-0.3, -0.25) is 14.6 Å². The zero-order valence-corrected chi connectivity index (χ0v) is 21.6. The highest BCUT2D eigenvalue weighted by molar-refractivity contribution is 7.46. The zero-order chi connectivity index (χ0) is 26.6. The number of rotatable bonds is 8. The minimum atomic E-state index is -4.80. The van der Waals surface area contributed by atoms with Gasteiger partial charge in [-0.2, -0.15) is 0 Å². The van der Waals surface area contributed by atoms with Gasteiger partial charge in [0.05, 0.1) is 22.6 Å². The average Bonchev–Trinajstić information content (AvgIpc) is 2.85. The molecule has 1 aromatic heterocycles. The van der Waals surface area contributed by atoms with E-state index in [0.29, 0.717) is 46.4 Å². The third kappa shape index (κ3) is 7.06. The Balaban J connectivity index is 1.62. The number of carbonyl (C=O) groups excluding carboxylic acids is 1. The van der Waals surface area contributed by atoms with Crippen LogP contribution >= 0.6 is 19.4 Å². The van der Waals surface area contributed by atoms with Crippen LogP contribution in [-0.2, 0) is 9.36 Å². The number of hydrogen-bond acceptors (Lipinski definition) is 8. The Morgan fingerprint density at radius 2 is 1.92 bits per heavy atom. The van der Waals surface area contributed by atoms with Crippen molar-refractivity contribution in [1.29, 1.82) is 0 Å². The van der Waals surface area contributed by atoms with Crippen LogP contribution in [0.4, 0.5) is 23.0 Å². The summed E-state index contributed by atoms with van der Waals surface area (Å²) in [5, 5.41) is 6.03. The van der Waals surface area contributed by atoms with Crippen LogP contribution in [0.25, 0.3) is 11.3 Å². The SMILES string of the molecule is C=CC(=O)Nc1cccc(-c2nc(Nc3ccc(N4CCN(C)CC4)c(OP(=O)(O)O)c3)ncc2Cl)c1. The van der Waals surface area contributed by atoms with Crippen LogP contribution in [0.2, 0.25) is 5.02 Å². The van der Waals surface area contributed by atoms with Crippen molar-refractivity contribution < 1.29 is 23.7 Å². The van der Waals surface area contributed by atoms with Crippen LogP contribution in [0.15, 0.2) is 61.3 Å². The number of hydrogen-bond donors (Lipinski definition) is 4. The molecule has 0 bridgehead atoms. The lowest BCUT2D eigenvalue weighted by Gasteiger charge is -2.35. The summed E-state index contributed by atoms with van der Waals surface area (Å²) in [5.41, 5.74) is 2.66. The largest absolute Gasteiger partial charge is 0.524 e. The highest BCUT2D eigenvalue weighted by Crippen LogP contribution is 2.43. The van der Waals surface area contributed by atoms with E-state index in [0.717, 1.165) is 13.1 Å². The van der Waals surface area contributed by atoms with E-state index in [-0.39, 0.29) is 17.6 Å². The van der Waals surface area contributed by atoms with Crippen molar-refractivity contribution in [3.8, 4) is 17.0 Å². The first kappa shape index (κ1) is 26.6. The van der Waals surface area contributed by atoms with Gasteiger partial charge in [0.1, 0.15) is 0 Å². The summed E-state index contributed by atoms with van der Waals surface area (Å²) < 4.78 is 16.7. The second-order valence-electron chi connectivity index (χ2n) is 8.34. The molecule has 194 valence electrons. The molecule has 3 aromatic rings. The number of phosphoric ester groups is 1. The van der Waals surface area contributed by atoms with E-state index < -0.39 is 7.82 Å². The Kier molecular flexibility index (Phi) is 8.11. The summed E-state index contributed by atoms with van der Waals surface area (Å²) >= 11 is 6.36. The molecule has 2 aromatic carbocycles. The first-order valence-electron chi connectivity index (χ1n) is 11.3. The molecule has 0 saturated carbocycles. The number of carbonyl (C=O) groups is 1. The van der Waals surface area contributed by atoms with Gasteiger partial charge in [0.2, 0.25) is 11.9 Å². The minimum absolute atomic E-state index is 0.0442. The van der Waals surface area contributed by atoms with Crippen LogP contribution in [0, 0.1) is 0 Å². The van der Waals surface area contributed by atoms with E-state index in [2.05, 4.69) is 32.1 Å². The van der Waals surface area contributed by atoms with Gasteiger partial charge in [-0.25, -0.2) is 14.5 Å². The van der Waals surface area contributed by atoms with Gasteiger partial charge >= 0.3 is 7.82 Å². The second kappa shape index (κ2) is 11.3. The van der Waals surface area contributed by atoms with Crippen LogP contribution in [-0.4, -0.2) is 63.8 Å². The number of nitrogens with zero attached hydrogens (tertiary/aromatic N) is 4. The van der Waals surface area contributed by atoms with Gasteiger partial charge in [0.25, 0.3) is 0 Å². The van der Waals surface area contributed by atoms with E-state index in [1.807, 2.05) is 11.9 Å². The molecular formula is C24H26ClN6O5P. The smallest absolute Gasteiger partial charge is 0.402 e. The van der Waals surface area contributed by atoms with E-state index in [9.17, 15) is 19.1 Å². The number of phosphoric acid groups is 1. The fourth-order valence-electron chi connectivity index (χ4n) is 3.80. The molecule has 0 radical (unpaired) electrons. The number of nitrogens with one attached hydrogen (secondary N) is 2. The average molecular weight is 545 g/mol. The van der Waals surface area contributed by atoms with Crippen molar-refractivity contribution in [2.75, 3.05) is 48.8 Å². The van der Waals surface area contributed by atoms with Crippen LogP contribution in [0.3, 0.4) is 0 Å². The number of anilines is 4. The Labute approximate surface area is 219 Å². The van der Waals surface area contributed by atoms with Gasteiger partial charge in [-0.15, -0.1) is 0 Å². The summed E-state index contributed by atoms with van der Waals surface area (Å²) in [4.78, 5) is 43.5. The fourth-order valence-corrected chi connectivity index (χ4v) is 4.40. The molecule has 0 spiro atoms. The first-order chi connectivity index (χ1) is 17.6. The molecule has 4 rings (SSSR count).